The number of carbonyl (C=O) groups is 1. The van der Waals surface area contributed by atoms with Crippen molar-refractivity contribution in [3.05, 3.63) is 64.2 Å². The number of hydrogen-bond acceptors (Lipinski definition) is 6. The van der Waals surface area contributed by atoms with Crippen molar-refractivity contribution in [2.75, 3.05) is 31.1 Å². The molecule has 1 fully saturated rings. The topological polar surface area (TPSA) is 113 Å². The number of piperazine rings is 1. The fourth-order valence-electron chi connectivity index (χ4n) is 3.39. The predicted octanol–water partition coefficient (Wildman–Crippen LogP) is 2.24. The van der Waals surface area contributed by atoms with Crippen LogP contribution in [-0.4, -0.2) is 56.4 Å². The van der Waals surface area contributed by atoms with Crippen LogP contribution in [0.1, 0.15) is 24.2 Å². The van der Waals surface area contributed by atoms with Crippen LogP contribution >= 0.6 is 0 Å². The van der Waals surface area contributed by atoms with Crippen LogP contribution in [0.25, 0.3) is 0 Å². The summed E-state index contributed by atoms with van der Waals surface area (Å²) in [7, 11) is -3.70. The number of hydrogen-bond donors (Lipinski definition) is 1. The van der Waals surface area contributed by atoms with Crippen molar-refractivity contribution in [1.29, 1.82) is 0 Å². The standard InChI is InChI=1S/C20H24N4O5S/c1-15(2)21-30(28,29)17-7-5-6-16(14-17)20(25)23-12-10-22(11-13-23)18-8-3-4-9-19(18)24(26)27/h3-9,14-15,21H,10-13H2,1-2H3. The zero-order valence-corrected chi connectivity index (χ0v) is 17.6. The molecule has 1 amide bonds. The first-order valence-corrected chi connectivity index (χ1v) is 11.1. The van der Waals surface area contributed by atoms with Crippen LogP contribution in [-0.2, 0) is 10.0 Å². The average molecular weight is 433 g/mol. The quantitative estimate of drug-likeness (QED) is 0.553. The van der Waals surface area contributed by atoms with Crippen LogP contribution in [0.5, 0.6) is 0 Å². The second kappa shape index (κ2) is 8.80. The van der Waals surface area contributed by atoms with Gasteiger partial charge in [0.15, 0.2) is 0 Å². The molecule has 1 N–H and O–H groups in total. The number of nitro benzene ring substituents is 1. The molecule has 0 aliphatic carbocycles. The molecule has 1 saturated heterocycles. The van der Waals surface area contributed by atoms with Crippen molar-refractivity contribution in [3.8, 4) is 0 Å². The van der Waals surface area contributed by atoms with Crippen LogP contribution in [0.15, 0.2) is 53.4 Å². The second-order valence-electron chi connectivity index (χ2n) is 7.33. The fourth-order valence-corrected chi connectivity index (χ4v) is 4.69. The molecule has 30 heavy (non-hydrogen) atoms. The third-order valence-corrected chi connectivity index (χ3v) is 6.42. The highest BCUT2D eigenvalue weighted by Crippen LogP contribution is 2.28. The predicted molar refractivity (Wildman–Crippen MR) is 113 cm³/mol. The number of anilines is 1. The van der Waals surface area contributed by atoms with Crippen LogP contribution in [0.2, 0.25) is 0 Å². The minimum absolute atomic E-state index is 0.0350. The maximum atomic E-state index is 12.9. The summed E-state index contributed by atoms with van der Waals surface area (Å²) in [6.45, 7) is 5.11. The number of nitrogens with one attached hydrogen (secondary N) is 1. The Bertz CT molecular complexity index is 1050. The first-order valence-electron chi connectivity index (χ1n) is 9.59. The number of sulfonamides is 1. The molecule has 1 aliphatic rings. The molecule has 3 rings (SSSR count). The Balaban J connectivity index is 1.72. The van der Waals surface area contributed by atoms with E-state index in [2.05, 4.69) is 4.72 Å². The first kappa shape index (κ1) is 21.7. The third kappa shape index (κ3) is 4.77. The number of benzene rings is 2. The molecule has 160 valence electrons. The van der Waals surface area contributed by atoms with E-state index in [1.807, 2.05) is 4.90 Å². The highest BCUT2D eigenvalue weighted by Gasteiger charge is 2.26. The SMILES string of the molecule is CC(C)NS(=O)(=O)c1cccc(C(=O)N2CCN(c3ccccc3[N+](=O)[O-])CC2)c1. The van der Waals surface area contributed by atoms with E-state index >= 15 is 0 Å². The average Bonchev–Trinajstić information content (AvgIpc) is 2.72. The van der Waals surface area contributed by atoms with Gasteiger partial charge < -0.3 is 9.80 Å². The van der Waals surface area contributed by atoms with E-state index in [0.717, 1.165) is 0 Å². The van der Waals surface area contributed by atoms with Gasteiger partial charge in [-0.1, -0.05) is 18.2 Å². The van der Waals surface area contributed by atoms with Crippen molar-refractivity contribution in [2.45, 2.75) is 24.8 Å². The zero-order valence-electron chi connectivity index (χ0n) is 16.8. The number of amides is 1. The first-order chi connectivity index (χ1) is 14.2. The molecule has 2 aromatic rings. The summed E-state index contributed by atoms with van der Waals surface area (Å²) >= 11 is 0. The fraction of sp³-hybridized carbons (Fsp3) is 0.350. The maximum Gasteiger partial charge on any atom is 0.292 e. The molecule has 9 nitrogen and oxygen atoms in total. The second-order valence-corrected chi connectivity index (χ2v) is 9.04. The van der Waals surface area contributed by atoms with Gasteiger partial charge in [-0.05, 0) is 38.1 Å². The Morgan fingerprint density at radius 3 is 2.37 bits per heavy atom. The molecule has 0 saturated carbocycles. The van der Waals surface area contributed by atoms with Gasteiger partial charge in [0.1, 0.15) is 5.69 Å². The van der Waals surface area contributed by atoms with Crippen molar-refractivity contribution in [2.24, 2.45) is 0 Å². The van der Waals surface area contributed by atoms with Crippen molar-refractivity contribution < 1.29 is 18.1 Å². The van der Waals surface area contributed by atoms with Crippen LogP contribution in [0.3, 0.4) is 0 Å². The van der Waals surface area contributed by atoms with Gasteiger partial charge in [0.05, 0.1) is 9.82 Å². The lowest BCUT2D eigenvalue weighted by Crippen LogP contribution is -2.49. The van der Waals surface area contributed by atoms with Crippen molar-refractivity contribution >= 4 is 27.3 Å². The van der Waals surface area contributed by atoms with Crippen LogP contribution in [0, 0.1) is 10.1 Å². The van der Waals surface area contributed by atoms with Gasteiger partial charge in [0.2, 0.25) is 10.0 Å². The van der Waals surface area contributed by atoms with E-state index in [1.54, 1.807) is 49.1 Å². The van der Waals surface area contributed by atoms with Gasteiger partial charge in [-0.3, -0.25) is 14.9 Å². The summed E-state index contributed by atoms with van der Waals surface area (Å²) in [4.78, 5) is 27.3. The molecular formula is C20H24N4O5S. The zero-order chi connectivity index (χ0) is 21.9. The summed E-state index contributed by atoms with van der Waals surface area (Å²) in [6, 6.07) is 12.2. The highest BCUT2D eigenvalue weighted by molar-refractivity contribution is 7.89. The van der Waals surface area contributed by atoms with E-state index in [-0.39, 0.29) is 22.5 Å². The Labute approximate surface area is 175 Å². The lowest BCUT2D eigenvalue weighted by atomic mass is 10.1. The smallest absolute Gasteiger partial charge is 0.292 e. The molecule has 0 radical (unpaired) electrons. The Hall–Kier alpha value is -2.98. The maximum absolute atomic E-state index is 12.9. The Morgan fingerprint density at radius 1 is 1.07 bits per heavy atom. The van der Waals surface area contributed by atoms with Gasteiger partial charge in [-0.2, -0.15) is 0 Å². The van der Waals surface area contributed by atoms with Crippen LogP contribution in [0.4, 0.5) is 11.4 Å². The molecule has 0 spiro atoms. The third-order valence-electron chi connectivity index (χ3n) is 4.77. The summed E-state index contributed by atoms with van der Waals surface area (Å²) in [5.74, 6) is -0.265. The minimum Gasteiger partial charge on any atom is -0.362 e. The summed E-state index contributed by atoms with van der Waals surface area (Å²) in [5, 5.41) is 11.3. The van der Waals surface area contributed by atoms with Gasteiger partial charge in [-0.25, -0.2) is 13.1 Å². The molecule has 0 atom stereocenters. The van der Waals surface area contributed by atoms with Crippen LogP contribution < -0.4 is 9.62 Å². The molecule has 10 heteroatoms. The molecule has 1 heterocycles. The number of nitrogens with zero attached hydrogens (tertiary/aromatic N) is 3. The number of carbonyl (C=O) groups excluding carboxylic acids is 1. The number of rotatable bonds is 6. The van der Waals surface area contributed by atoms with E-state index in [0.29, 0.717) is 37.4 Å². The molecule has 1 aliphatic heterocycles. The normalized spacial score (nSPS) is 14.8. The van der Waals surface area contributed by atoms with E-state index in [1.165, 1.54) is 18.2 Å². The monoisotopic (exact) mass is 432 g/mol. The summed E-state index contributed by atoms with van der Waals surface area (Å²) in [5.41, 5.74) is 0.857. The van der Waals surface area contributed by atoms with Gasteiger partial charge in [0, 0.05) is 43.9 Å². The van der Waals surface area contributed by atoms with Gasteiger partial charge in [-0.15, -0.1) is 0 Å². The molecule has 0 aromatic heterocycles. The van der Waals surface area contributed by atoms with Gasteiger partial charge in [0.25, 0.3) is 11.6 Å². The van der Waals surface area contributed by atoms with E-state index in [4.69, 9.17) is 0 Å². The van der Waals surface area contributed by atoms with E-state index < -0.39 is 14.9 Å². The van der Waals surface area contributed by atoms with Gasteiger partial charge >= 0.3 is 0 Å². The number of para-hydroxylation sites is 2. The summed E-state index contributed by atoms with van der Waals surface area (Å²) in [6.07, 6.45) is 0. The molecule has 0 unspecified atom stereocenters. The number of nitro groups is 1. The molecular weight excluding hydrogens is 408 g/mol. The minimum atomic E-state index is -3.70. The Kier molecular flexibility index (Phi) is 6.37. The lowest BCUT2D eigenvalue weighted by molar-refractivity contribution is -0.384. The van der Waals surface area contributed by atoms with Crippen molar-refractivity contribution in [1.82, 2.24) is 9.62 Å². The summed E-state index contributed by atoms with van der Waals surface area (Å²) < 4.78 is 27.3. The molecule has 2 aromatic carbocycles. The molecule has 0 bridgehead atoms. The highest BCUT2D eigenvalue weighted by atomic mass is 32.2. The lowest BCUT2D eigenvalue weighted by Gasteiger charge is -2.35. The van der Waals surface area contributed by atoms with E-state index in [9.17, 15) is 23.3 Å². The Morgan fingerprint density at radius 2 is 1.73 bits per heavy atom. The largest absolute Gasteiger partial charge is 0.362 e. The van der Waals surface area contributed by atoms with Crippen molar-refractivity contribution in [3.63, 3.8) is 0 Å².